The second kappa shape index (κ2) is 8.87. The molecule has 0 aromatic heterocycles. The molecular formula is C20H24N2O3. The number of nitrogens with zero attached hydrogens (tertiary/aromatic N) is 1. The molecular weight excluding hydrogens is 316 g/mol. The van der Waals surface area contributed by atoms with Crippen molar-refractivity contribution in [1.29, 1.82) is 0 Å². The SMILES string of the molecule is CCNC(=O)C(c1ccccc1)N(Cc1ccc(OC)cc1)C(C)=O. The molecule has 0 spiro atoms. The molecule has 2 amide bonds. The number of carbonyl (C=O) groups is 2. The van der Waals surface area contributed by atoms with E-state index < -0.39 is 6.04 Å². The van der Waals surface area contributed by atoms with Crippen molar-refractivity contribution in [2.24, 2.45) is 0 Å². The Balaban J connectivity index is 2.34. The van der Waals surface area contributed by atoms with E-state index >= 15 is 0 Å². The summed E-state index contributed by atoms with van der Waals surface area (Å²) in [4.78, 5) is 26.6. The molecule has 2 rings (SSSR count). The molecule has 1 atom stereocenters. The van der Waals surface area contributed by atoms with E-state index in [1.54, 1.807) is 12.0 Å². The molecule has 5 nitrogen and oxygen atoms in total. The van der Waals surface area contributed by atoms with E-state index in [4.69, 9.17) is 4.74 Å². The van der Waals surface area contributed by atoms with Crippen LogP contribution in [0.15, 0.2) is 54.6 Å². The van der Waals surface area contributed by atoms with Crippen LogP contribution in [0.25, 0.3) is 0 Å². The van der Waals surface area contributed by atoms with Crippen molar-refractivity contribution in [3.05, 3.63) is 65.7 Å². The van der Waals surface area contributed by atoms with E-state index in [0.717, 1.165) is 16.9 Å². The summed E-state index contributed by atoms with van der Waals surface area (Å²) in [7, 11) is 1.61. The Hall–Kier alpha value is -2.82. The van der Waals surface area contributed by atoms with Crippen molar-refractivity contribution >= 4 is 11.8 Å². The molecule has 1 N–H and O–H groups in total. The molecule has 0 fully saturated rings. The van der Waals surface area contributed by atoms with Crippen molar-refractivity contribution in [3.8, 4) is 5.75 Å². The Morgan fingerprint density at radius 1 is 1.08 bits per heavy atom. The molecule has 0 bridgehead atoms. The van der Waals surface area contributed by atoms with Crippen LogP contribution >= 0.6 is 0 Å². The number of hydrogen-bond donors (Lipinski definition) is 1. The van der Waals surface area contributed by atoms with Gasteiger partial charge in [-0.15, -0.1) is 0 Å². The maximum atomic E-state index is 12.7. The number of likely N-dealkylation sites (N-methyl/N-ethyl adjacent to an activating group) is 1. The van der Waals surface area contributed by atoms with Gasteiger partial charge in [-0.05, 0) is 30.2 Å². The molecule has 2 aromatic rings. The van der Waals surface area contributed by atoms with Gasteiger partial charge in [0, 0.05) is 20.0 Å². The molecule has 5 heteroatoms. The number of methoxy groups -OCH3 is 1. The number of benzene rings is 2. The lowest BCUT2D eigenvalue weighted by molar-refractivity contribution is -0.140. The van der Waals surface area contributed by atoms with Crippen LogP contribution in [0.1, 0.15) is 31.0 Å². The van der Waals surface area contributed by atoms with Gasteiger partial charge in [0.2, 0.25) is 11.8 Å². The lowest BCUT2D eigenvalue weighted by Gasteiger charge is -2.30. The van der Waals surface area contributed by atoms with Crippen molar-refractivity contribution in [2.75, 3.05) is 13.7 Å². The van der Waals surface area contributed by atoms with E-state index in [2.05, 4.69) is 5.32 Å². The zero-order valence-electron chi connectivity index (χ0n) is 14.9. The smallest absolute Gasteiger partial charge is 0.247 e. The Morgan fingerprint density at radius 3 is 2.24 bits per heavy atom. The van der Waals surface area contributed by atoms with Crippen LogP contribution in [0.4, 0.5) is 0 Å². The van der Waals surface area contributed by atoms with E-state index in [1.165, 1.54) is 6.92 Å². The third kappa shape index (κ3) is 4.83. The van der Waals surface area contributed by atoms with Gasteiger partial charge in [0.25, 0.3) is 0 Å². The minimum atomic E-state index is -0.666. The largest absolute Gasteiger partial charge is 0.497 e. The summed E-state index contributed by atoms with van der Waals surface area (Å²) in [5.41, 5.74) is 1.72. The summed E-state index contributed by atoms with van der Waals surface area (Å²) in [5.74, 6) is 0.412. The van der Waals surface area contributed by atoms with Gasteiger partial charge in [-0.25, -0.2) is 0 Å². The van der Waals surface area contributed by atoms with Crippen LogP contribution in [0.5, 0.6) is 5.75 Å². The highest BCUT2D eigenvalue weighted by Gasteiger charge is 2.29. The highest BCUT2D eigenvalue weighted by Crippen LogP contribution is 2.24. The maximum absolute atomic E-state index is 12.7. The van der Waals surface area contributed by atoms with Gasteiger partial charge in [-0.2, -0.15) is 0 Å². The lowest BCUT2D eigenvalue weighted by atomic mass is 10.0. The summed E-state index contributed by atoms with van der Waals surface area (Å²) in [6.07, 6.45) is 0. The first-order valence-corrected chi connectivity index (χ1v) is 8.29. The highest BCUT2D eigenvalue weighted by molar-refractivity contribution is 5.88. The van der Waals surface area contributed by atoms with Crippen molar-refractivity contribution in [2.45, 2.75) is 26.4 Å². The predicted molar refractivity (Wildman–Crippen MR) is 97.1 cm³/mol. The number of ether oxygens (including phenoxy) is 1. The number of carbonyl (C=O) groups excluding carboxylic acids is 2. The number of hydrogen-bond acceptors (Lipinski definition) is 3. The monoisotopic (exact) mass is 340 g/mol. The molecule has 2 aromatic carbocycles. The lowest BCUT2D eigenvalue weighted by Crippen LogP contribution is -2.42. The fraction of sp³-hybridized carbons (Fsp3) is 0.300. The quantitative estimate of drug-likeness (QED) is 0.843. The number of amides is 2. The Labute approximate surface area is 148 Å². The van der Waals surface area contributed by atoms with E-state index in [0.29, 0.717) is 13.1 Å². The average Bonchev–Trinajstić information content (AvgIpc) is 2.63. The Kier molecular flexibility index (Phi) is 6.57. The van der Waals surface area contributed by atoms with Crippen LogP contribution in [0.2, 0.25) is 0 Å². The number of nitrogens with one attached hydrogen (secondary N) is 1. The fourth-order valence-corrected chi connectivity index (χ4v) is 2.69. The zero-order chi connectivity index (χ0) is 18.2. The first-order chi connectivity index (χ1) is 12.1. The van der Waals surface area contributed by atoms with Crippen molar-refractivity contribution < 1.29 is 14.3 Å². The first kappa shape index (κ1) is 18.5. The van der Waals surface area contributed by atoms with Crippen molar-refractivity contribution in [1.82, 2.24) is 10.2 Å². The van der Waals surface area contributed by atoms with E-state index in [1.807, 2.05) is 61.5 Å². The topological polar surface area (TPSA) is 58.6 Å². The molecule has 0 aliphatic rings. The zero-order valence-corrected chi connectivity index (χ0v) is 14.9. The van der Waals surface area contributed by atoms with Gasteiger partial charge >= 0.3 is 0 Å². The molecule has 0 heterocycles. The minimum absolute atomic E-state index is 0.157. The predicted octanol–water partition coefficient (Wildman–Crippen LogP) is 2.92. The van der Waals surface area contributed by atoms with Gasteiger partial charge in [-0.3, -0.25) is 9.59 Å². The second-order valence-corrected chi connectivity index (χ2v) is 5.70. The second-order valence-electron chi connectivity index (χ2n) is 5.70. The van der Waals surface area contributed by atoms with Gasteiger partial charge in [0.05, 0.1) is 7.11 Å². The molecule has 0 saturated heterocycles. The fourth-order valence-electron chi connectivity index (χ4n) is 2.69. The molecule has 0 aliphatic heterocycles. The van der Waals surface area contributed by atoms with Crippen LogP contribution in [-0.2, 0) is 16.1 Å². The molecule has 0 saturated carbocycles. The molecule has 0 radical (unpaired) electrons. The average molecular weight is 340 g/mol. The van der Waals surface area contributed by atoms with Crippen LogP contribution in [0.3, 0.4) is 0 Å². The third-order valence-corrected chi connectivity index (χ3v) is 3.94. The van der Waals surface area contributed by atoms with Gasteiger partial charge < -0.3 is 15.0 Å². The maximum Gasteiger partial charge on any atom is 0.247 e. The molecule has 1 unspecified atom stereocenters. The molecule has 132 valence electrons. The van der Waals surface area contributed by atoms with Crippen LogP contribution in [-0.4, -0.2) is 30.4 Å². The van der Waals surface area contributed by atoms with E-state index in [-0.39, 0.29) is 11.8 Å². The van der Waals surface area contributed by atoms with Crippen LogP contribution in [0, 0.1) is 0 Å². The molecule has 25 heavy (non-hydrogen) atoms. The normalized spacial score (nSPS) is 11.5. The summed E-state index contributed by atoms with van der Waals surface area (Å²) < 4.78 is 5.16. The summed E-state index contributed by atoms with van der Waals surface area (Å²) >= 11 is 0. The molecule has 0 aliphatic carbocycles. The summed E-state index contributed by atoms with van der Waals surface area (Å²) in [6, 6.07) is 16.2. The van der Waals surface area contributed by atoms with Crippen LogP contribution < -0.4 is 10.1 Å². The first-order valence-electron chi connectivity index (χ1n) is 8.29. The van der Waals surface area contributed by atoms with Crippen molar-refractivity contribution in [3.63, 3.8) is 0 Å². The Bertz CT molecular complexity index is 699. The van der Waals surface area contributed by atoms with Gasteiger partial charge in [-0.1, -0.05) is 42.5 Å². The van der Waals surface area contributed by atoms with Gasteiger partial charge in [0.15, 0.2) is 0 Å². The minimum Gasteiger partial charge on any atom is -0.497 e. The highest BCUT2D eigenvalue weighted by atomic mass is 16.5. The number of rotatable bonds is 7. The van der Waals surface area contributed by atoms with E-state index in [9.17, 15) is 9.59 Å². The summed E-state index contributed by atoms with van der Waals surface area (Å²) in [5, 5.41) is 2.83. The standard InChI is InChI=1S/C20H24N2O3/c1-4-21-20(24)19(17-8-6-5-7-9-17)22(15(2)23)14-16-10-12-18(25-3)13-11-16/h5-13,19H,4,14H2,1-3H3,(H,21,24). The third-order valence-electron chi connectivity index (χ3n) is 3.94. The summed E-state index contributed by atoms with van der Waals surface area (Å²) in [6.45, 7) is 4.20. The van der Waals surface area contributed by atoms with Gasteiger partial charge in [0.1, 0.15) is 11.8 Å². The Morgan fingerprint density at radius 2 is 1.72 bits per heavy atom.